The van der Waals surface area contributed by atoms with Gasteiger partial charge in [-0.25, -0.2) is 4.39 Å². The summed E-state index contributed by atoms with van der Waals surface area (Å²) in [4.78, 5) is 30.2. The molecule has 0 spiro atoms. The molecule has 0 unspecified atom stereocenters. The van der Waals surface area contributed by atoms with Crippen molar-refractivity contribution in [3.8, 4) is 6.01 Å². The summed E-state index contributed by atoms with van der Waals surface area (Å²) in [5.41, 5.74) is 3.07. The Morgan fingerprint density at radius 1 is 1.10 bits per heavy atom. The maximum Gasteiger partial charge on any atom is 0.318 e. The van der Waals surface area contributed by atoms with E-state index in [0.29, 0.717) is 45.3 Å². The van der Waals surface area contributed by atoms with Crippen molar-refractivity contribution in [2.24, 2.45) is 0 Å². The standard InChI is InChI=1S/C31H36ClFN6O3/c1-20(33)30(40)38-14-12-37(13-15-38)29-24-10-11-39(27-9-5-7-21-6-4-8-25(32)28(21)27)18-26(24)34-31(35-29)42-19-22-16-23(41-3)17-36(22)2/h4-9,22-23H,1,10-19H2,2-3H3/t22-,23+/m0/s1. The first-order chi connectivity index (χ1) is 20.3. The number of hydrogen-bond acceptors (Lipinski definition) is 8. The number of aromatic nitrogens is 2. The van der Waals surface area contributed by atoms with Crippen molar-refractivity contribution in [1.82, 2.24) is 19.8 Å². The Balaban J connectivity index is 1.29. The first-order valence-electron chi connectivity index (χ1n) is 14.4. The smallest absolute Gasteiger partial charge is 0.318 e. The van der Waals surface area contributed by atoms with Gasteiger partial charge in [-0.1, -0.05) is 42.4 Å². The van der Waals surface area contributed by atoms with Crippen molar-refractivity contribution in [2.45, 2.75) is 31.5 Å². The number of amides is 1. The summed E-state index contributed by atoms with van der Waals surface area (Å²) in [5.74, 6) is -0.756. The quantitative estimate of drug-likeness (QED) is 0.379. The Morgan fingerprint density at radius 3 is 2.57 bits per heavy atom. The third kappa shape index (κ3) is 5.63. The minimum absolute atomic E-state index is 0.184. The van der Waals surface area contributed by atoms with Crippen molar-refractivity contribution in [2.75, 3.05) is 69.8 Å². The number of likely N-dealkylation sites (tertiary alicyclic amines) is 1. The Bertz CT molecular complexity index is 1490. The van der Waals surface area contributed by atoms with Gasteiger partial charge in [0.05, 0.1) is 23.4 Å². The molecule has 4 heterocycles. The molecule has 42 heavy (non-hydrogen) atoms. The molecular weight excluding hydrogens is 559 g/mol. The summed E-state index contributed by atoms with van der Waals surface area (Å²) in [7, 11) is 3.82. The average molecular weight is 595 g/mol. The third-order valence-corrected chi connectivity index (χ3v) is 9.00. The van der Waals surface area contributed by atoms with Crippen molar-refractivity contribution in [3.63, 3.8) is 0 Å². The lowest BCUT2D eigenvalue weighted by Crippen LogP contribution is -2.49. The normalized spacial score (nSPS) is 21.1. The molecule has 0 bridgehead atoms. The van der Waals surface area contributed by atoms with Gasteiger partial charge < -0.3 is 24.2 Å². The fourth-order valence-electron chi connectivity index (χ4n) is 6.32. The van der Waals surface area contributed by atoms with Gasteiger partial charge in [-0.3, -0.25) is 9.69 Å². The number of anilines is 2. The lowest BCUT2D eigenvalue weighted by Gasteiger charge is -2.38. The van der Waals surface area contributed by atoms with Crippen LogP contribution in [0.4, 0.5) is 15.9 Å². The van der Waals surface area contributed by atoms with E-state index in [9.17, 15) is 9.18 Å². The van der Waals surface area contributed by atoms with Crippen LogP contribution in [0.5, 0.6) is 6.01 Å². The summed E-state index contributed by atoms with van der Waals surface area (Å²) in [6.45, 7) is 7.69. The predicted molar refractivity (Wildman–Crippen MR) is 162 cm³/mol. The zero-order chi connectivity index (χ0) is 29.4. The Hall–Kier alpha value is -3.47. The molecular formula is C31H36ClFN6O3. The number of fused-ring (bicyclic) bond motifs is 2. The maximum atomic E-state index is 13.5. The highest BCUT2D eigenvalue weighted by Gasteiger charge is 2.32. The van der Waals surface area contributed by atoms with Crippen molar-refractivity contribution < 1.29 is 18.7 Å². The van der Waals surface area contributed by atoms with Crippen LogP contribution in [0.1, 0.15) is 17.7 Å². The molecule has 0 saturated carbocycles. The number of carbonyl (C=O) groups is 1. The zero-order valence-electron chi connectivity index (χ0n) is 24.1. The van der Waals surface area contributed by atoms with Gasteiger partial charge in [0.15, 0.2) is 5.83 Å². The van der Waals surface area contributed by atoms with Crippen LogP contribution in [0.15, 0.2) is 48.8 Å². The number of benzene rings is 2. The molecule has 2 atom stereocenters. The first-order valence-corrected chi connectivity index (χ1v) is 14.8. The van der Waals surface area contributed by atoms with Crippen LogP contribution < -0.4 is 14.5 Å². The van der Waals surface area contributed by atoms with Crippen LogP contribution in [-0.2, 0) is 22.5 Å². The minimum atomic E-state index is -0.931. The highest BCUT2D eigenvalue weighted by Crippen LogP contribution is 2.37. The van der Waals surface area contributed by atoms with E-state index < -0.39 is 11.7 Å². The second-order valence-corrected chi connectivity index (χ2v) is 11.6. The number of likely N-dealkylation sites (N-methyl/N-ethyl adjacent to an activating group) is 1. The van der Waals surface area contributed by atoms with Gasteiger partial charge in [-0.15, -0.1) is 0 Å². The number of rotatable bonds is 7. The van der Waals surface area contributed by atoms with Crippen molar-refractivity contribution in [1.29, 1.82) is 0 Å². The van der Waals surface area contributed by atoms with Crippen molar-refractivity contribution in [3.05, 3.63) is 65.1 Å². The summed E-state index contributed by atoms with van der Waals surface area (Å²) in [6.07, 6.45) is 1.81. The van der Waals surface area contributed by atoms with Crippen LogP contribution in [0.3, 0.4) is 0 Å². The van der Waals surface area contributed by atoms with Crippen molar-refractivity contribution >= 4 is 39.8 Å². The number of piperazine rings is 1. The zero-order valence-corrected chi connectivity index (χ0v) is 24.8. The van der Waals surface area contributed by atoms with E-state index in [4.69, 9.17) is 31.0 Å². The van der Waals surface area contributed by atoms with E-state index in [0.717, 1.165) is 64.5 Å². The average Bonchev–Trinajstić information content (AvgIpc) is 3.38. The van der Waals surface area contributed by atoms with E-state index >= 15 is 0 Å². The number of ether oxygens (including phenoxy) is 2. The van der Waals surface area contributed by atoms with Crippen LogP contribution in [-0.4, -0.2) is 97.9 Å². The molecule has 3 aliphatic rings. The summed E-state index contributed by atoms with van der Waals surface area (Å²) < 4.78 is 25.3. The molecule has 2 aromatic carbocycles. The van der Waals surface area contributed by atoms with Gasteiger partial charge in [0.1, 0.15) is 12.4 Å². The largest absolute Gasteiger partial charge is 0.462 e. The van der Waals surface area contributed by atoms with Gasteiger partial charge in [0, 0.05) is 69.1 Å². The molecule has 9 nitrogen and oxygen atoms in total. The van der Waals surface area contributed by atoms with E-state index in [-0.39, 0.29) is 12.1 Å². The molecule has 1 amide bonds. The second-order valence-electron chi connectivity index (χ2n) is 11.2. The summed E-state index contributed by atoms with van der Waals surface area (Å²) >= 11 is 6.67. The Labute approximate surface area is 250 Å². The molecule has 3 aliphatic heterocycles. The Morgan fingerprint density at radius 2 is 1.86 bits per heavy atom. The Kier molecular flexibility index (Phi) is 8.20. The van der Waals surface area contributed by atoms with Gasteiger partial charge in [0.2, 0.25) is 0 Å². The molecule has 11 heteroatoms. The number of halogens is 2. The number of hydrogen-bond donors (Lipinski definition) is 0. The summed E-state index contributed by atoms with van der Waals surface area (Å²) in [5, 5.41) is 2.85. The number of carbonyl (C=O) groups excluding carboxylic acids is 1. The monoisotopic (exact) mass is 594 g/mol. The summed E-state index contributed by atoms with van der Waals surface area (Å²) in [6, 6.07) is 12.8. The second kappa shape index (κ2) is 12.0. The van der Waals surface area contributed by atoms with Crippen LogP contribution in [0.2, 0.25) is 5.02 Å². The molecule has 0 aliphatic carbocycles. The third-order valence-electron chi connectivity index (χ3n) is 8.68. The van der Waals surface area contributed by atoms with E-state index in [1.54, 1.807) is 7.11 Å². The first kappa shape index (κ1) is 28.6. The molecule has 222 valence electrons. The fourth-order valence-corrected chi connectivity index (χ4v) is 6.60. The van der Waals surface area contributed by atoms with E-state index in [2.05, 4.69) is 52.6 Å². The highest BCUT2D eigenvalue weighted by atomic mass is 35.5. The number of methoxy groups -OCH3 is 1. The fraction of sp³-hybridized carbons (Fsp3) is 0.452. The van der Waals surface area contributed by atoms with Crippen LogP contribution in [0, 0.1) is 0 Å². The van der Waals surface area contributed by atoms with Gasteiger partial charge >= 0.3 is 6.01 Å². The minimum Gasteiger partial charge on any atom is -0.462 e. The maximum absolute atomic E-state index is 13.5. The van der Waals surface area contributed by atoms with Gasteiger partial charge in [-0.05, 0) is 37.4 Å². The predicted octanol–water partition coefficient (Wildman–Crippen LogP) is 4.08. The topological polar surface area (TPSA) is 74.3 Å². The molecule has 0 N–H and O–H groups in total. The molecule has 0 radical (unpaired) electrons. The SMILES string of the molecule is C=C(F)C(=O)N1CCN(c2nc(OC[C@@H]3C[C@@H](OC)CN3C)nc3c2CCN(c2cccc4cccc(Cl)c24)C3)CC1. The van der Waals surface area contributed by atoms with Crippen LogP contribution in [0.25, 0.3) is 10.8 Å². The molecule has 6 rings (SSSR count). The van der Waals surface area contributed by atoms with Crippen LogP contribution >= 0.6 is 11.6 Å². The lowest BCUT2D eigenvalue weighted by molar-refractivity contribution is -0.128. The van der Waals surface area contributed by atoms with Gasteiger partial charge in [-0.2, -0.15) is 9.97 Å². The highest BCUT2D eigenvalue weighted by molar-refractivity contribution is 6.36. The molecule has 2 fully saturated rings. The molecule has 2 saturated heterocycles. The lowest BCUT2D eigenvalue weighted by atomic mass is 10.0. The number of nitrogens with zero attached hydrogens (tertiary/aromatic N) is 6. The van der Waals surface area contributed by atoms with E-state index in [1.165, 1.54) is 4.90 Å². The van der Waals surface area contributed by atoms with Gasteiger partial charge in [0.25, 0.3) is 5.91 Å². The van der Waals surface area contributed by atoms with E-state index in [1.807, 2.05) is 12.1 Å². The molecule has 3 aromatic rings. The molecule has 1 aromatic heterocycles.